The number of hydrogen-bond acceptors (Lipinski definition) is 2. The average Bonchev–Trinajstić information content (AvgIpc) is 2.99. The van der Waals surface area contributed by atoms with Gasteiger partial charge in [-0.15, -0.1) is 0 Å². The summed E-state index contributed by atoms with van der Waals surface area (Å²) in [6.45, 7) is 6.11. The Morgan fingerprint density at radius 1 is 1.08 bits per heavy atom. The van der Waals surface area contributed by atoms with E-state index in [0.717, 1.165) is 28.9 Å². The van der Waals surface area contributed by atoms with Crippen LogP contribution in [0.2, 0.25) is 0 Å². The standard InChI is InChI=1S/C21H25NO2/c1-14-9-15(2)11-20(10-14)24-13-21(23)22-16(3)18-8-7-17-5-4-6-19(17)12-18/h7-12,16H,4-6,13H2,1-3H3,(H,22,23). The van der Waals surface area contributed by atoms with Crippen molar-refractivity contribution in [3.8, 4) is 5.75 Å². The second-order valence-corrected chi connectivity index (χ2v) is 6.78. The van der Waals surface area contributed by atoms with E-state index in [1.54, 1.807) is 0 Å². The molecule has 1 amide bonds. The van der Waals surface area contributed by atoms with Gasteiger partial charge in [0.25, 0.3) is 5.91 Å². The van der Waals surface area contributed by atoms with E-state index in [0.29, 0.717) is 0 Å². The lowest BCUT2D eigenvalue weighted by molar-refractivity contribution is -0.123. The molecule has 3 rings (SSSR count). The molecule has 0 aliphatic heterocycles. The summed E-state index contributed by atoms with van der Waals surface area (Å²) in [5, 5.41) is 3.02. The third kappa shape index (κ3) is 3.97. The summed E-state index contributed by atoms with van der Waals surface area (Å²) >= 11 is 0. The molecule has 0 spiro atoms. The summed E-state index contributed by atoms with van der Waals surface area (Å²) in [5.41, 5.74) is 6.32. The molecule has 2 aromatic carbocycles. The highest BCUT2D eigenvalue weighted by atomic mass is 16.5. The van der Waals surface area contributed by atoms with E-state index in [9.17, 15) is 4.79 Å². The summed E-state index contributed by atoms with van der Waals surface area (Å²) in [7, 11) is 0. The quantitative estimate of drug-likeness (QED) is 0.901. The number of nitrogens with one attached hydrogen (secondary N) is 1. The summed E-state index contributed by atoms with van der Waals surface area (Å²) in [4.78, 5) is 12.2. The minimum absolute atomic E-state index is 0.00811. The van der Waals surface area contributed by atoms with Gasteiger partial charge in [-0.25, -0.2) is 0 Å². The second-order valence-electron chi connectivity index (χ2n) is 6.78. The van der Waals surface area contributed by atoms with E-state index in [4.69, 9.17) is 4.74 Å². The summed E-state index contributed by atoms with van der Waals surface area (Å²) in [6.07, 6.45) is 3.57. The maximum Gasteiger partial charge on any atom is 0.258 e. The lowest BCUT2D eigenvalue weighted by atomic mass is 10.0. The van der Waals surface area contributed by atoms with Gasteiger partial charge >= 0.3 is 0 Å². The third-order valence-electron chi connectivity index (χ3n) is 4.57. The highest BCUT2D eigenvalue weighted by molar-refractivity contribution is 5.78. The first-order chi connectivity index (χ1) is 11.5. The maximum atomic E-state index is 12.2. The van der Waals surface area contributed by atoms with Crippen LogP contribution in [0.1, 0.15) is 47.2 Å². The molecule has 0 heterocycles. The molecular formula is C21H25NO2. The Bertz CT molecular complexity index is 731. The lowest BCUT2D eigenvalue weighted by Gasteiger charge is -2.16. The van der Waals surface area contributed by atoms with E-state index in [1.165, 1.54) is 24.0 Å². The van der Waals surface area contributed by atoms with Crippen LogP contribution in [0, 0.1) is 13.8 Å². The van der Waals surface area contributed by atoms with Gasteiger partial charge < -0.3 is 10.1 Å². The molecule has 1 unspecified atom stereocenters. The van der Waals surface area contributed by atoms with Gasteiger partial charge in [-0.05, 0) is 80.0 Å². The van der Waals surface area contributed by atoms with Crippen molar-refractivity contribution in [1.82, 2.24) is 5.32 Å². The Morgan fingerprint density at radius 3 is 2.54 bits per heavy atom. The molecular weight excluding hydrogens is 298 g/mol. The Labute approximate surface area is 144 Å². The normalized spacial score (nSPS) is 14.1. The van der Waals surface area contributed by atoms with Crippen LogP contribution >= 0.6 is 0 Å². The first kappa shape index (κ1) is 16.6. The fraction of sp³-hybridized carbons (Fsp3) is 0.381. The predicted octanol–water partition coefficient (Wildman–Crippen LogP) is 4.05. The number of amides is 1. The molecule has 1 aliphatic rings. The molecule has 1 N–H and O–H groups in total. The number of rotatable bonds is 5. The highest BCUT2D eigenvalue weighted by Crippen LogP contribution is 2.25. The molecule has 24 heavy (non-hydrogen) atoms. The maximum absolute atomic E-state index is 12.2. The molecule has 0 saturated carbocycles. The van der Waals surface area contributed by atoms with Crippen LogP contribution in [-0.4, -0.2) is 12.5 Å². The van der Waals surface area contributed by atoms with Crippen molar-refractivity contribution in [2.24, 2.45) is 0 Å². The van der Waals surface area contributed by atoms with Gasteiger partial charge in [0, 0.05) is 0 Å². The van der Waals surface area contributed by atoms with Gasteiger partial charge in [-0.1, -0.05) is 24.3 Å². The number of carbonyl (C=O) groups is 1. The van der Waals surface area contributed by atoms with E-state index in [1.807, 2.05) is 32.9 Å². The van der Waals surface area contributed by atoms with Crippen molar-refractivity contribution >= 4 is 5.91 Å². The number of hydrogen-bond donors (Lipinski definition) is 1. The molecule has 0 aromatic heterocycles. The van der Waals surface area contributed by atoms with Gasteiger partial charge in [0.05, 0.1) is 6.04 Å². The minimum atomic E-state index is -0.0952. The van der Waals surface area contributed by atoms with Crippen molar-refractivity contribution in [1.29, 1.82) is 0 Å². The average molecular weight is 323 g/mol. The third-order valence-corrected chi connectivity index (χ3v) is 4.57. The van der Waals surface area contributed by atoms with Gasteiger partial charge in [-0.2, -0.15) is 0 Å². The van der Waals surface area contributed by atoms with Crippen molar-refractivity contribution in [3.05, 3.63) is 64.2 Å². The number of carbonyl (C=O) groups excluding carboxylic acids is 1. The molecule has 126 valence electrons. The summed E-state index contributed by atoms with van der Waals surface area (Å²) in [5.74, 6) is 0.648. The van der Waals surface area contributed by atoms with E-state index in [-0.39, 0.29) is 18.6 Å². The molecule has 0 fully saturated rings. The molecule has 3 nitrogen and oxygen atoms in total. The number of aryl methyl sites for hydroxylation is 4. The minimum Gasteiger partial charge on any atom is -0.484 e. The van der Waals surface area contributed by atoms with Crippen molar-refractivity contribution in [2.75, 3.05) is 6.61 Å². The summed E-state index contributed by atoms with van der Waals surface area (Å²) in [6, 6.07) is 12.5. The molecule has 0 radical (unpaired) electrons. The van der Waals surface area contributed by atoms with Gasteiger partial charge in [0.1, 0.15) is 5.75 Å². The van der Waals surface area contributed by atoms with E-state index in [2.05, 4.69) is 29.6 Å². The van der Waals surface area contributed by atoms with Crippen molar-refractivity contribution < 1.29 is 9.53 Å². The van der Waals surface area contributed by atoms with E-state index >= 15 is 0 Å². The van der Waals surface area contributed by atoms with Crippen LogP contribution in [0.5, 0.6) is 5.75 Å². The number of ether oxygens (including phenoxy) is 1. The van der Waals surface area contributed by atoms with Crippen LogP contribution in [0.15, 0.2) is 36.4 Å². The van der Waals surface area contributed by atoms with Crippen LogP contribution in [0.4, 0.5) is 0 Å². The first-order valence-electron chi connectivity index (χ1n) is 8.63. The smallest absolute Gasteiger partial charge is 0.258 e. The highest BCUT2D eigenvalue weighted by Gasteiger charge is 2.15. The number of benzene rings is 2. The van der Waals surface area contributed by atoms with Crippen LogP contribution < -0.4 is 10.1 Å². The fourth-order valence-electron chi connectivity index (χ4n) is 3.39. The van der Waals surface area contributed by atoms with Crippen molar-refractivity contribution in [3.63, 3.8) is 0 Å². The molecule has 1 aliphatic carbocycles. The largest absolute Gasteiger partial charge is 0.484 e. The Kier molecular flexibility index (Phi) is 4.89. The first-order valence-corrected chi connectivity index (χ1v) is 8.63. The monoisotopic (exact) mass is 323 g/mol. The SMILES string of the molecule is Cc1cc(C)cc(OCC(=O)NC(C)c2ccc3c(c2)CCC3)c1. The number of fused-ring (bicyclic) bond motifs is 1. The van der Waals surface area contributed by atoms with E-state index < -0.39 is 0 Å². The Hall–Kier alpha value is -2.29. The van der Waals surface area contributed by atoms with Crippen molar-refractivity contribution in [2.45, 2.75) is 46.1 Å². The van der Waals surface area contributed by atoms with Crippen LogP contribution in [0.25, 0.3) is 0 Å². The molecule has 0 bridgehead atoms. The Morgan fingerprint density at radius 2 is 1.79 bits per heavy atom. The zero-order valence-corrected chi connectivity index (χ0v) is 14.7. The van der Waals surface area contributed by atoms with Gasteiger partial charge in [0.2, 0.25) is 0 Å². The van der Waals surface area contributed by atoms with Crippen LogP contribution in [0.3, 0.4) is 0 Å². The van der Waals surface area contributed by atoms with Gasteiger partial charge in [-0.3, -0.25) is 4.79 Å². The Balaban J connectivity index is 1.56. The zero-order valence-electron chi connectivity index (χ0n) is 14.7. The second kappa shape index (κ2) is 7.08. The predicted molar refractivity (Wildman–Crippen MR) is 96.4 cm³/mol. The zero-order chi connectivity index (χ0) is 17.1. The van der Waals surface area contributed by atoms with Crippen LogP contribution in [-0.2, 0) is 17.6 Å². The summed E-state index contributed by atoms with van der Waals surface area (Å²) < 4.78 is 5.63. The molecule has 3 heteroatoms. The molecule has 1 atom stereocenters. The molecule has 0 saturated heterocycles. The molecule has 2 aromatic rings. The fourth-order valence-corrected chi connectivity index (χ4v) is 3.39. The van der Waals surface area contributed by atoms with Gasteiger partial charge in [0.15, 0.2) is 6.61 Å². The lowest BCUT2D eigenvalue weighted by Crippen LogP contribution is -2.31. The topological polar surface area (TPSA) is 38.3 Å².